The number of ketones is 4. The summed E-state index contributed by atoms with van der Waals surface area (Å²) in [5.74, 6) is 1.70. The Morgan fingerprint density at radius 2 is 1.27 bits per heavy atom. The van der Waals surface area contributed by atoms with E-state index in [0.29, 0.717) is 18.8 Å². The third-order valence-corrected chi connectivity index (χ3v) is 6.38. The van der Waals surface area contributed by atoms with Gasteiger partial charge in [0, 0.05) is 18.3 Å². The van der Waals surface area contributed by atoms with Gasteiger partial charge in [-0.05, 0) is 70.4 Å². The summed E-state index contributed by atoms with van der Waals surface area (Å²) in [6.07, 6.45) is 8.02. The number of rotatable bonds is 13. The van der Waals surface area contributed by atoms with Crippen molar-refractivity contribution in [1.82, 2.24) is 9.97 Å². The number of carbonyl (C=O) groups is 4. The van der Waals surface area contributed by atoms with Gasteiger partial charge >= 0.3 is 0 Å². The molecule has 0 radical (unpaired) electrons. The van der Waals surface area contributed by atoms with Crippen molar-refractivity contribution in [3.05, 3.63) is 54.1 Å². The molecule has 2 rings (SSSR count). The van der Waals surface area contributed by atoms with E-state index in [9.17, 15) is 19.2 Å². The minimum absolute atomic E-state index is 0.000370. The zero-order valence-corrected chi connectivity index (χ0v) is 26.6. The standard InChI is InChI=1S/C10H13NO.C7H11N3O.C7H15NO.C6H13NOS/c1-8(12)10(11)7-9-5-3-2-4-6-9;1-5(11)7(8)2-6-3-9-4-10-6;1-5(2)4-7(8)6(3)9;1-5(8)6(7)3-4-9-2/h2-6,10H,7,11H2,1H3;3-4,7H,2,8H2,1H3,(H,9,10);5,7H,4,8H2,1-3H3;6H,3-4,7H2,1-2H3. The van der Waals surface area contributed by atoms with Gasteiger partial charge in [-0.3, -0.25) is 19.2 Å². The maximum atomic E-state index is 10.8. The summed E-state index contributed by atoms with van der Waals surface area (Å²) in [6.45, 7) is 10.2. The lowest BCUT2D eigenvalue weighted by molar-refractivity contribution is -0.119. The average Bonchev–Trinajstić information content (AvgIpc) is 3.41. The number of thioether (sulfide) groups is 1. The van der Waals surface area contributed by atoms with Crippen LogP contribution in [-0.4, -0.2) is 69.3 Å². The van der Waals surface area contributed by atoms with Crippen molar-refractivity contribution in [2.75, 3.05) is 12.0 Å². The number of hydrogen-bond donors (Lipinski definition) is 5. The molecule has 232 valence electrons. The van der Waals surface area contributed by atoms with Crippen LogP contribution < -0.4 is 22.9 Å². The zero-order chi connectivity index (χ0) is 32.0. The molecule has 0 saturated heterocycles. The molecule has 0 bridgehead atoms. The van der Waals surface area contributed by atoms with Gasteiger partial charge in [0.15, 0.2) is 0 Å². The number of imidazole rings is 1. The molecule has 0 amide bonds. The van der Waals surface area contributed by atoms with Gasteiger partial charge in [0.1, 0.15) is 23.1 Å². The quantitative estimate of drug-likeness (QED) is 0.230. The van der Waals surface area contributed by atoms with Crippen molar-refractivity contribution in [2.45, 2.75) is 91.4 Å². The first-order valence-electron chi connectivity index (χ1n) is 13.7. The normalized spacial score (nSPS) is 13.1. The number of H-pyrrole nitrogens is 1. The Kier molecular flexibility index (Phi) is 23.6. The maximum absolute atomic E-state index is 10.8. The molecule has 0 spiro atoms. The van der Waals surface area contributed by atoms with E-state index in [1.165, 1.54) is 27.7 Å². The molecule has 1 heterocycles. The van der Waals surface area contributed by atoms with Crippen LogP contribution in [0.2, 0.25) is 0 Å². The van der Waals surface area contributed by atoms with Gasteiger partial charge in [0.2, 0.25) is 0 Å². The van der Waals surface area contributed by atoms with Gasteiger partial charge in [-0.15, -0.1) is 0 Å². The zero-order valence-electron chi connectivity index (χ0n) is 25.8. The summed E-state index contributed by atoms with van der Waals surface area (Å²) in [5.41, 5.74) is 24.0. The molecule has 0 aliphatic rings. The van der Waals surface area contributed by atoms with Crippen molar-refractivity contribution in [2.24, 2.45) is 28.9 Å². The number of aromatic nitrogens is 2. The van der Waals surface area contributed by atoms with Crippen LogP contribution in [0.3, 0.4) is 0 Å². The third-order valence-electron chi connectivity index (χ3n) is 5.74. The summed E-state index contributed by atoms with van der Waals surface area (Å²) >= 11 is 1.72. The van der Waals surface area contributed by atoms with E-state index in [1.54, 1.807) is 24.3 Å². The Morgan fingerprint density at radius 1 is 0.780 bits per heavy atom. The molecular weight excluding hydrogens is 540 g/mol. The fourth-order valence-corrected chi connectivity index (χ4v) is 3.40. The second-order valence-corrected chi connectivity index (χ2v) is 11.2. The van der Waals surface area contributed by atoms with Crippen LogP contribution in [0.15, 0.2) is 42.9 Å². The number of benzene rings is 1. The Bertz CT molecular complexity index is 986. The monoisotopic (exact) mass is 592 g/mol. The Labute approximate surface area is 250 Å². The number of nitrogens with zero attached hydrogens (tertiary/aromatic N) is 1. The summed E-state index contributed by atoms with van der Waals surface area (Å²) < 4.78 is 0. The summed E-state index contributed by atoms with van der Waals surface area (Å²) in [7, 11) is 0. The molecule has 4 unspecified atom stereocenters. The minimum Gasteiger partial charge on any atom is -0.348 e. The van der Waals surface area contributed by atoms with Gasteiger partial charge in [-0.25, -0.2) is 4.98 Å². The molecule has 0 aliphatic heterocycles. The largest absolute Gasteiger partial charge is 0.348 e. The Hall–Kier alpha value is -2.70. The van der Waals surface area contributed by atoms with Gasteiger partial charge in [-0.2, -0.15) is 11.8 Å². The lowest BCUT2D eigenvalue weighted by atomic mass is 10.0. The van der Waals surface area contributed by atoms with E-state index in [0.717, 1.165) is 29.9 Å². The van der Waals surface area contributed by atoms with Gasteiger partial charge < -0.3 is 27.9 Å². The van der Waals surface area contributed by atoms with Crippen molar-refractivity contribution >= 4 is 34.9 Å². The van der Waals surface area contributed by atoms with Gasteiger partial charge in [0.25, 0.3) is 0 Å². The molecule has 10 nitrogen and oxygen atoms in total. The Morgan fingerprint density at radius 3 is 1.63 bits per heavy atom. The number of carbonyl (C=O) groups excluding carboxylic acids is 4. The molecule has 2 aromatic rings. The van der Waals surface area contributed by atoms with Crippen molar-refractivity contribution in [1.29, 1.82) is 0 Å². The molecule has 41 heavy (non-hydrogen) atoms. The second-order valence-electron chi connectivity index (χ2n) is 10.3. The van der Waals surface area contributed by atoms with Crippen LogP contribution in [0.4, 0.5) is 0 Å². The van der Waals surface area contributed by atoms with Crippen LogP contribution in [0, 0.1) is 5.92 Å². The van der Waals surface area contributed by atoms with Gasteiger partial charge in [0.05, 0.1) is 30.5 Å². The fourth-order valence-electron chi connectivity index (χ4n) is 2.91. The summed E-state index contributed by atoms with van der Waals surface area (Å²) in [4.78, 5) is 49.3. The highest BCUT2D eigenvalue weighted by atomic mass is 32.2. The van der Waals surface area contributed by atoms with E-state index < -0.39 is 6.04 Å². The highest BCUT2D eigenvalue weighted by Gasteiger charge is 2.10. The van der Waals surface area contributed by atoms with Crippen LogP contribution in [0.1, 0.15) is 65.6 Å². The minimum atomic E-state index is -0.407. The maximum Gasteiger partial charge on any atom is 0.146 e. The summed E-state index contributed by atoms with van der Waals surface area (Å²) in [5, 5.41) is 0. The molecule has 0 aliphatic carbocycles. The lowest BCUT2D eigenvalue weighted by Gasteiger charge is -2.08. The molecule has 0 fully saturated rings. The van der Waals surface area contributed by atoms with Crippen molar-refractivity contribution < 1.29 is 19.2 Å². The average molecular weight is 593 g/mol. The lowest BCUT2D eigenvalue weighted by Crippen LogP contribution is -2.30. The third kappa shape index (κ3) is 23.7. The Balaban J connectivity index is 0. The first-order chi connectivity index (χ1) is 19.1. The second kappa shape index (κ2) is 24.0. The number of hydrogen-bond acceptors (Lipinski definition) is 10. The topological polar surface area (TPSA) is 201 Å². The highest BCUT2D eigenvalue weighted by molar-refractivity contribution is 7.98. The first kappa shape index (κ1) is 40.4. The van der Waals surface area contributed by atoms with E-state index in [4.69, 9.17) is 22.9 Å². The molecule has 11 heteroatoms. The van der Waals surface area contributed by atoms with Crippen LogP contribution in [-0.2, 0) is 32.0 Å². The highest BCUT2D eigenvalue weighted by Crippen LogP contribution is 2.03. The van der Waals surface area contributed by atoms with E-state index in [-0.39, 0.29) is 41.3 Å². The van der Waals surface area contributed by atoms with Crippen LogP contribution in [0.5, 0.6) is 0 Å². The molecular formula is C30H52N6O4S. The molecule has 9 N–H and O–H groups in total. The summed E-state index contributed by atoms with van der Waals surface area (Å²) in [6, 6.07) is 8.55. The van der Waals surface area contributed by atoms with Crippen LogP contribution >= 0.6 is 11.8 Å². The SMILES string of the molecule is CC(=O)C(N)CC(C)C.CC(=O)C(N)Cc1ccccc1.CC(=O)C(N)Cc1cnc[nH]1.CSCCC(N)C(C)=O. The molecule has 0 saturated carbocycles. The van der Waals surface area contributed by atoms with E-state index >= 15 is 0 Å². The van der Waals surface area contributed by atoms with Crippen molar-refractivity contribution in [3.63, 3.8) is 0 Å². The number of aromatic amines is 1. The number of nitrogens with one attached hydrogen (secondary N) is 1. The predicted molar refractivity (Wildman–Crippen MR) is 170 cm³/mol. The number of Topliss-reactive ketones (excluding diaryl/α,β-unsaturated/α-hetero) is 4. The smallest absolute Gasteiger partial charge is 0.146 e. The predicted octanol–water partition coefficient (Wildman–Crippen LogP) is 2.62. The first-order valence-corrected chi connectivity index (χ1v) is 15.1. The van der Waals surface area contributed by atoms with Gasteiger partial charge in [-0.1, -0.05) is 44.2 Å². The van der Waals surface area contributed by atoms with E-state index in [2.05, 4.69) is 23.8 Å². The molecule has 1 aromatic heterocycles. The fraction of sp³-hybridized carbons (Fsp3) is 0.567. The van der Waals surface area contributed by atoms with Crippen LogP contribution in [0.25, 0.3) is 0 Å². The number of nitrogens with two attached hydrogens (primary N) is 4. The van der Waals surface area contributed by atoms with Crippen molar-refractivity contribution in [3.8, 4) is 0 Å². The molecule has 4 atom stereocenters. The van der Waals surface area contributed by atoms with E-state index in [1.807, 2.05) is 36.6 Å². The molecule has 1 aromatic carbocycles.